The molecule has 0 unspecified atom stereocenters. The zero-order chi connectivity index (χ0) is 23.2. The first-order valence-electron chi connectivity index (χ1n) is 8.85. The van der Waals surface area contributed by atoms with Gasteiger partial charge in [-0.3, -0.25) is 4.79 Å². The van der Waals surface area contributed by atoms with E-state index in [4.69, 9.17) is 0 Å². The summed E-state index contributed by atoms with van der Waals surface area (Å²) in [6.07, 6.45) is 0. The Morgan fingerprint density at radius 2 is 1.88 bits per heavy atom. The molecule has 0 saturated carbocycles. The smallest absolute Gasteiger partial charge is 0.346 e. The zero-order valence-electron chi connectivity index (χ0n) is 15.8. The van der Waals surface area contributed by atoms with E-state index < -0.39 is 55.0 Å². The topological polar surface area (TPSA) is 126 Å². The Labute approximate surface area is 181 Å². The summed E-state index contributed by atoms with van der Waals surface area (Å²) in [5.74, 6) is -3.72. The molecule has 4 rings (SSSR count). The lowest BCUT2D eigenvalue weighted by Gasteiger charge is -2.10. The van der Waals surface area contributed by atoms with Crippen molar-refractivity contribution in [2.45, 2.75) is 10.6 Å². The number of benzene rings is 2. The van der Waals surface area contributed by atoms with E-state index in [-0.39, 0.29) is 21.3 Å². The molecule has 2 aromatic carbocycles. The molecule has 32 heavy (non-hydrogen) atoms. The second-order valence-electron chi connectivity index (χ2n) is 6.73. The quantitative estimate of drug-likeness (QED) is 0.425. The van der Waals surface area contributed by atoms with E-state index in [0.29, 0.717) is 15.9 Å². The number of hydrogen-bond acceptors (Lipinski definition) is 6. The molecule has 8 nitrogen and oxygen atoms in total. The van der Waals surface area contributed by atoms with Crippen molar-refractivity contribution in [3.63, 3.8) is 0 Å². The fourth-order valence-corrected chi connectivity index (χ4v) is 5.38. The maximum atomic E-state index is 14.6. The van der Waals surface area contributed by atoms with Crippen LogP contribution >= 0.6 is 11.3 Å². The maximum absolute atomic E-state index is 14.6. The third-order valence-corrected chi connectivity index (χ3v) is 7.26. The molecule has 0 aliphatic heterocycles. The number of halogens is 2. The molecule has 4 aromatic rings. The first-order chi connectivity index (χ1) is 15.1. The number of nitrogens with zero attached hydrogens (tertiary/aromatic N) is 1. The minimum atomic E-state index is -4.11. The molecule has 0 saturated heterocycles. The van der Waals surface area contributed by atoms with Crippen LogP contribution in [0.5, 0.6) is 0 Å². The lowest BCUT2D eigenvalue weighted by atomic mass is 10.2. The molecule has 12 heteroatoms. The van der Waals surface area contributed by atoms with Gasteiger partial charge in [0.15, 0.2) is 9.84 Å². The van der Waals surface area contributed by atoms with Crippen LogP contribution in [0.4, 0.5) is 8.78 Å². The van der Waals surface area contributed by atoms with Crippen molar-refractivity contribution in [3.05, 3.63) is 90.8 Å². The number of fused-ring (bicyclic) bond motifs is 1. The van der Waals surface area contributed by atoms with Crippen LogP contribution in [0.15, 0.2) is 62.3 Å². The number of carboxylic acids is 1. The highest BCUT2D eigenvalue weighted by Crippen LogP contribution is 2.23. The van der Waals surface area contributed by atoms with Crippen molar-refractivity contribution in [1.29, 1.82) is 0 Å². The number of sulfone groups is 1. The second kappa shape index (κ2) is 7.80. The number of thiophene rings is 1. The maximum Gasteiger partial charge on any atom is 0.346 e. The van der Waals surface area contributed by atoms with Crippen molar-refractivity contribution in [3.8, 4) is 5.69 Å². The predicted molar refractivity (Wildman–Crippen MR) is 112 cm³/mol. The van der Waals surface area contributed by atoms with E-state index in [0.717, 1.165) is 30.3 Å². The largest absolute Gasteiger partial charge is 0.477 e. The molecule has 0 radical (unpaired) electrons. The van der Waals surface area contributed by atoms with Crippen molar-refractivity contribution < 1.29 is 27.1 Å². The van der Waals surface area contributed by atoms with Crippen molar-refractivity contribution >= 4 is 38.0 Å². The van der Waals surface area contributed by atoms with Gasteiger partial charge in [-0.1, -0.05) is 12.1 Å². The summed E-state index contributed by atoms with van der Waals surface area (Å²) in [4.78, 5) is 38.3. The number of aromatic carboxylic acids is 1. The molecule has 2 aromatic heterocycles. The van der Waals surface area contributed by atoms with Crippen LogP contribution in [0.2, 0.25) is 0 Å². The fourth-order valence-electron chi connectivity index (χ4n) is 3.20. The minimum Gasteiger partial charge on any atom is -0.477 e. The Bertz CT molecular complexity index is 1620. The number of aromatic amines is 1. The second-order valence-corrected chi connectivity index (χ2v) is 9.60. The minimum absolute atomic E-state index is 0.0334. The van der Waals surface area contributed by atoms with Crippen LogP contribution in [0.25, 0.3) is 16.6 Å². The Balaban J connectivity index is 1.89. The number of hydrogen-bond donors (Lipinski definition) is 2. The number of H-pyrrole nitrogens is 1. The van der Waals surface area contributed by atoms with E-state index in [1.807, 2.05) is 0 Å². The van der Waals surface area contributed by atoms with E-state index in [1.54, 1.807) is 0 Å². The van der Waals surface area contributed by atoms with Gasteiger partial charge in [0.1, 0.15) is 16.5 Å². The number of carbonyl (C=O) groups is 1. The van der Waals surface area contributed by atoms with Crippen LogP contribution < -0.4 is 11.2 Å². The zero-order valence-corrected chi connectivity index (χ0v) is 17.5. The number of rotatable bonds is 5. The Hall–Kier alpha value is -3.64. The number of aromatic nitrogens is 2. The highest BCUT2D eigenvalue weighted by Gasteiger charge is 2.23. The lowest BCUT2D eigenvalue weighted by Crippen LogP contribution is -2.34. The van der Waals surface area contributed by atoms with Crippen molar-refractivity contribution in [2.75, 3.05) is 0 Å². The molecular weight excluding hydrogens is 466 g/mol. The standard InChI is InChI=1S/C20H12F2N2O6S2/c21-11-3-1-2-10(6-11)9-32(29,30)12-4-5-13(22)15(7-12)24-18(25)16-14(23-20(24)28)8-31-17(16)19(26)27/h1-8H,9H2,(H,23,28)(H,26,27). The molecule has 0 aliphatic carbocycles. The van der Waals surface area contributed by atoms with Crippen LogP contribution in [-0.4, -0.2) is 29.0 Å². The van der Waals surface area contributed by atoms with Gasteiger partial charge in [-0.25, -0.2) is 31.4 Å². The summed E-state index contributed by atoms with van der Waals surface area (Å²) in [6, 6.07) is 7.46. The first kappa shape index (κ1) is 21.6. The Morgan fingerprint density at radius 1 is 1.12 bits per heavy atom. The average Bonchev–Trinajstić information content (AvgIpc) is 3.13. The van der Waals surface area contributed by atoms with E-state index in [1.165, 1.54) is 17.5 Å². The van der Waals surface area contributed by atoms with E-state index in [9.17, 15) is 36.7 Å². The summed E-state index contributed by atoms with van der Waals surface area (Å²) in [5, 5.41) is 10.2. The molecule has 0 bridgehead atoms. The summed E-state index contributed by atoms with van der Waals surface area (Å²) in [5.41, 5.74) is -2.73. The fraction of sp³-hybridized carbons (Fsp3) is 0.0500. The van der Waals surface area contributed by atoms with E-state index >= 15 is 0 Å². The van der Waals surface area contributed by atoms with Gasteiger partial charge in [0, 0.05) is 5.38 Å². The van der Waals surface area contributed by atoms with Crippen LogP contribution in [0.1, 0.15) is 15.2 Å². The first-order valence-corrected chi connectivity index (χ1v) is 11.4. The van der Waals surface area contributed by atoms with Gasteiger partial charge in [0.05, 0.1) is 27.2 Å². The summed E-state index contributed by atoms with van der Waals surface area (Å²) < 4.78 is 53.9. The van der Waals surface area contributed by atoms with Crippen molar-refractivity contribution in [1.82, 2.24) is 9.55 Å². The molecule has 164 valence electrons. The van der Waals surface area contributed by atoms with Crippen molar-refractivity contribution in [2.24, 2.45) is 0 Å². The number of carboxylic acid groups (broad SMARTS) is 1. The molecule has 2 heterocycles. The Morgan fingerprint density at radius 3 is 2.56 bits per heavy atom. The normalized spacial score (nSPS) is 11.7. The Kier molecular flexibility index (Phi) is 5.26. The van der Waals surface area contributed by atoms with Gasteiger partial charge in [-0.05, 0) is 35.9 Å². The van der Waals surface area contributed by atoms with Gasteiger partial charge < -0.3 is 10.1 Å². The monoisotopic (exact) mass is 478 g/mol. The van der Waals surface area contributed by atoms with Gasteiger partial charge in [0.2, 0.25) is 0 Å². The SMILES string of the molecule is O=C(O)c1scc2[nH]c(=O)n(-c3cc(S(=O)(=O)Cc4cccc(F)c4)ccc3F)c(=O)c12. The third kappa shape index (κ3) is 3.74. The van der Waals surface area contributed by atoms with Crippen LogP contribution in [0, 0.1) is 11.6 Å². The summed E-state index contributed by atoms with van der Waals surface area (Å²) in [7, 11) is -4.11. The average molecular weight is 478 g/mol. The lowest BCUT2D eigenvalue weighted by molar-refractivity contribution is 0.0704. The molecule has 0 fully saturated rings. The van der Waals surface area contributed by atoms with E-state index in [2.05, 4.69) is 4.98 Å². The predicted octanol–water partition coefficient (Wildman–Crippen LogP) is 2.69. The molecule has 0 aliphatic rings. The number of nitrogens with one attached hydrogen (secondary N) is 1. The van der Waals surface area contributed by atoms with Gasteiger partial charge in [-0.15, -0.1) is 11.3 Å². The summed E-state index contributed by atoms with van der Waals surface area (Å²) in [6.45, 7) is 0. The van der Waals surface area contributed by atoms with Crippen LogP contribution in [-0.2, 0) is 15.6 Å². The van der Waals surface area contributed by atoms with Gasteiger partial charge >= 0.3 is 11.7 Å². The molecular formula is C20H12F2N2O6S2. The van der Waals surface area contributed by atoms with Gasteiger partial charge in [-0.2, -0.15) is 0 Å². The molecule has 0 amide bonds. The molecule has 2 N–H and O–H groups in total. The van der Waals surface area contributed by atoms with Crippen LogP contribution in [0.3, 0.4) is 0 Å². The molecule has 0 spiro atoms. The summed E-state index contributed by atoms with van der Waals surface area (Å²) >= 11 is 0.708. The highest BCUT2D eigenvalue weighted by atomic mass is 32.2. The third-order valence-electron chi connectivity index (χ3n) is 4.61. The van der Waals surface area contributed by atoms with Gasteiger partial charge in [0.25, 0.3) is 5.56 Å². The highest BCUT2D eigenvalue weighted by molar-refractivity contribution is 7.90. The molecule has 0 atom stereocenters.